The Labute approximate surface area is 173 Å². The van der Waals surface area contributed by atoms with Crippen LogP contribution in [0.25, 0.3) is 11.0 Å². The summed E-state index contributed by atoms with van der Waals surface area (Å²) < 4.78 is 25.3. The van der Waals surface area contributed by atoms with E-state index in [1.165, 1.54) is 12.1 Å². The maximum absolute atomic E-state index is 12.4. The largest absolute Gasteiger partial charge is 0.355 e. The Balaban J connectivity index is 2.14. The van der Waals surface area contributed by atoms with E-state index in [1.54, 1.807) is 6.07 Å². The lowest BCUT2D eigenvalue weighted by Crippen LogP contribution is -2.43. The maximum Gasteiger partial charge on any atom is 0.238 e. The lowest BCUT2D eigenvalue weighted by molar-refractivity contribution is -0.121. The first-order chi connectivity index (χ1) is 13.5. The first-order valence-electron chi connectivity index (χ1n) is 9.99. The quantitative estimate of drug-likeness (QED) is 0.605. The van der Waals surface area contributed by atoms with Gasteiger partial charge in [-0.25, -0.2) is 18.5 Å². The Morgan fingerprint density at radius 1 is 1.31 bits per heavy atom. The van der Waals surface area contributed by atoms with Gasteiger partial charge < -0.3 is 14.8 Å². The number of nitrogens with two attached hydrogens (primary N) is 1. The maximum atomic E-state index is 12.4. The van der Waals surface area contributed by atoms with Crippen LogP contribution in [0.1, 0.15) is 39.4 Å². The highest BCUT2D eigenvalue weighted by Gasteiger charge is 2.18. The number of carbonyl (C=O) groups excluding carboxylic acids is 1. The zero-order chi connectivity index (χ0) is 21.8. The third-order valence-electron chi connectivity index (χ3n) is 5.09. The summed E-state index contributed by atoms with van der Waals surface area (Å²) in [6.07, 6.45) is 1.72. The molecule has 0 saturated carbocycles. The Bertz CT molecular complexity index is 942. The van der Waals surface area contributed by atoms with Gasteiger partial charge in [0.15, 0.2) is 0 Å². The molecule has 0 spiro atoms. The summed E-state index contributed by atoms with van der Waals surface area (Å²) in [4.78, 5) is 19.1. The summed E-state index contributed by atoms with van der Waals surface area (Å²) >= 11 is 0. The summed E-state index contributed by atoms with van der Waals surface area (Å²) in [5.41, 5.74) is 1.43. The molecule has 9 heteroatoms. The standard InChI is InChI=1S/C20H33N5O3S/c1-6-11-25-17-8-7-15(29(21,27)28)12-16(17)23-19(25)9-10-20(26)22-13-18(14(2)3)24(4)5/h7-8,12,14,18H,6,9-11,13H2,1-5H3,(H,22,26)(H2,21,27,28). The minimum atomic E-state index is -3.78. The summed E-state index contributed by atoms with van der Waals surface area (Å²) in [6, 6.07) is 4.99. The van der Waals surface area contributed by atoms with Crippen molar-refractivity contribution in [2.45, 2.75) is 57.5 Å². The Morgan fingerprint density at radius 2 is 2.00 bits per heavy atom. The summed E-state index contributed by atoms with van der Waals surface area (Å²) in [6.45, 7) is 7.69. The second kappa shape index (κ2) is 9.69. The molecule has 1 amide bonds. The molecule has 8 nitrogen and oxygen atoms in total. The van der Waals surface area contributed by atoms with Gasteiger partial charge in [-0.05, 0) is 44.6 Å². The number of sulfonamides is 1. The minimum Gasteiger partial charge on any atom is -0.355 e. The predicted octanol–water partition coefficient (Wildman–Crippen LogP) is 1.73. The van der Waals surface area contributed by atoms with Crippen molar-refractivity contribution in [1.82, 2.24) is 19.8 Å². The molecule has 2 rings (SSSR count). The van der Waals surface area contributed by atoms with Crippen molar-refractivity contribution in [3.63, 3.8) is 0 Å². The smallest absolute Gasteiger partial charge is 0.238 e. The number of rotatable bonds is 10. The van der Waals surface area contributed by atoms with Crippen LogP contribution in [0, 0.1) is 5.92 Å². The van der Waals surface area contributed by atoms with Gasteiger partial charge >= 0.3 is 0 Å². The molecule has 1 heterocycles. The zero-order valence-corrected chi connectivity index (χ0v) is 18.8. The number of fused-ring (bicyclic) bond motifs is 1. The molecule has 162 valence electrons. The van der Waals surface area contributed by atoms with Crippen molar-refractivity contribution in [2.24, 2.45) is 11.1 Å². The van der Waals surface area contributed by atoms with Crippen LogP contribution < -0.4 is 10.5 Å². The normalized spacial score (nSPS) is 13.4. The molecule has 0 aliphatic heterocycles. The average molecular weight is 424 g/mol. The van der Waals surface area contributed by atoms with E-state index < -0.39 is 10.0 Å². The number of nitrogens with one attached hydrogen (secondary N) is 1. The van der Waals surface area contributed by atoms with Gasteiger partial charge in [0, 0.05) is 32.0 Å². The second-order valence-corrected chi connectivity index (χ2v) is 9.52. The van der Waals surface area contributed by atoms with Gasteiger partial charge in [-0.2, -0.15) is 0 Å². The van der Waals surface area contributed by atoms with E-state index in [0.29, 0.717) is 30.8 Å². The summed E-state index contributed by atoms with van der Waals surface area (Å²) in [5.74, 6) is 1.20. The van der Waals surface area contributed by atoms with E-state index in [-0.39, 0.29) is 16.8 Å². The molecule has 2 aromatic rings. The molecular formula is C20H33N5O3S. The van der Waals surface area contributed by atoms with Crippen LogP contribution in [0.4, 0.5) is 0 Å². The second-order valence-electron chi connectivity index (χ2n) is 7.95. The van der Waals surface area contributed by atoms with Crippen LogP contribution in [0.2, 0.25) is 0 Å². The predicted molar refractivity (Wildman–Crippen MR) is 115 cm³/mol. The van der Waals surface area contributed by atoms with E-state index in [0.717, 1.165) is 24.3 Å². The zero-order valence-electron chi connectivity index (χ0n) is 18.0. The molecule has 1 aromatic heterocycles. The van der Waals surface area contributed by atoms with Gasteiger partial charge in [0.2, 0.25) is 15.9 Å². The van der Waals surface area contributed by atoms with Crippen LogP contribution in [-0.2, 0) is 27.8 Å². The van der Waals surface area contributed by atoms with E-state index in [1.807, 2.05) is 18.7 Å². The van der Waals surface area contributed by atoms with Crippen molar-refractivity contribution in [1.29, 1.82) is 0 Å². The van der Waals surface area contributed by atoms with E-state index in [2.05, 4.69) is 36.0 Å². The number of aryl methyl sites for hydroxylation is 2. The third kappa shape index (κ3) is 6.01. The first kappa shape index (κ1) is 23.3. The highest BCUT2D eigenvalue weighted by Crippen LogP contribution is 2.21. The van der Waals surface area contributed by atoms with E-state index in [4.69, 9.17) is 5.14 Å². The SMILES string of the molecule is CCCn1c(CCC(=O)NCC(C(C)C)N(C)C)nc2cc(S(N)(=O)=O)ccc21. The van der Waals surface area contributed by atoms with Gasteiger partial charge in [0.05, 0.1) is 15.9 Å². The minimum absolute atomic E-state index is 0.0159. The molecule has 0 saturated heterocycles. The molecule has 3 N–H and O–H groups in total. The van der Waals surface area contributed by atoms with Crippen LogP contribution in [0.15, 0.2) is 23.1 Å². The van der Waals surface area contributed by atoms with Gasteiger partial charge in [0.1, 0.15) is 5.82 Å². The fourth-order valence-electron chi connectivity index (χ4n) is 3.55. The van der Waals surface area contributed by atoms with Crippen molar-refractivity contribution in [2.75, 3.05) is 20.6 Å². The number of benzene rings is 1. The molecule has 1 atom stereocenters. The average Bonchev–Trinajstić information content (AvgIpc) is 2.96. The van der Waals surface area contributed by atoms with Crippen LogP contribution in [-0.4, -0.2) is 55.5 Å². The topological polar surface area (TPSA) is 110 Å². The van der Waals surface area contributed by atoms with Crippen LogP contribution in [0.5, 0.6) is 0 Å². The van der Waals surface area contributed by atoms with Gasteiger partial charge in [-0.1, -0.05) is 20.8 Å². The molecule has 0 bridgehead atoms. The molecule has 0 fully saturated rings. The van der Waals surface area contributed by atoms with Crippen molar-refractivity contribution >= 4 is 27.0 Å². The number of likely N-dealkylation sites (N-methyl/N-ethyl adjacent to an activating group) is 1. The number of carbonyl (C=O) groups is 1. The molecule has 0 aliphatic rings. The van der Waals surface area contributed by atoms with Gasteiger partial charge in [-0.3, -0.25) is 4.79 Å². The van der Waals surface area contributed by atoms with Gasteiger partial charge in [-0.15, -0.1) is 0 Å². The van der Waals surface area contributed by atoms with Gasteiger partial charge in [0.25, 0.3) is 0 Å². The number of hydrogen-bond donors (Lipinski definition) is 2. The number of amides is 1. The number of primary sulfonamides is 1. The highest BCUT2D eigenvalue weighted by molar-refractivity contribution is 7.89. The molecule has 0 radical (unpaired) electrons. The third-order valence-corrected chi connectivity index (χ3v) is 6.00. The number of imidazole rings is 1. The first-order valence-corrected chi connectivity index (χ1v) is 11.5. The van der Waals surface area contributed by atoms with Crippen molar-refractivity contribution in [3.8, 4) is 0 Å². The fourth-order valence-corrected chi connectivity index (χ4v) is 4.08. The molecule has 1 unspecified atom stereocenters. The highest BCUT2D eigenvalue weighted by atomic mass is 32.2. The Hall–Kier alpha value is -1.97. The number of nitrogens with zero attached hydrogens (tertiary/aromatic N) is 3. The van der Waals surface area contributed by atoms with E-state index in [9.17, 15) is 13.2 Å². The lowest BCUT2D eigenvalue weighted by atomic mass is 10.0. The monoisotopic (exact) mass is 423 g/mol. The summed E-state index contributed by atoms with van der Waals surface area (Å²) in [5, 5.41) is 8.25. The van der Waals surface area contributed by atoms with Crippen LogP contribution in [0.3, 0.4) is 0 Å². The molecule has 29 heavy (non-hydrogen) atoms. The number of aromatic nitrogens is 2. The summed E-state index contributed by atoms with van der Waals surface area (Å²) in [7, 11) is 0.244. The molecular weight excluding hydrogens is 390 g/mol. The van der Waals surface area contributed by atoms with Crippen molar-refractivity contribution in [3.05, 3.63) is 24.0 Å². The lowest BCUT2D eigenvalue weighted by Gasteiger charge is -2.28. The van der Waals surface area contributed by atoms with Crippen molar-refractivity contribution < 1.29 is 13.2 Å². The Kier molecular flexibility index (Phi) is 7.79. The van der Waals surface area contributed by atoms with E-state index >= 15 is 0 Å². The molecule has 0 aliphatic carbocycles. The fraction of sp³-hybridized carbons (Fsp3) is 0.600. The van der Waals surface area contributed by atoms with Crippen LogP contribution >= 0.6 is 0 Å². The number of hydrogen-bond acceptors (Lipinski definition) is 5. The molecule has 1 aromatic carbocycles. The Morgan fingerprint density at radius 3 is 2.55 bits per heavy atom.